The minimum Gasteiger partial charge on any atom is -0.496 e. The van der Waals surface area contributed by atoms with Gasteiger partial charge in [-0.3, -0.25) is 9.59 Å². The summed E-state index contributed by atoms with van der Waals surface area (Å²) in [6.45, 7) is 1.77. The Morgan fingerprint density at radius 2 is 1.67 bits per heavy atom. The summed E-state index contributed by atoms with van der Waals surface area (Å²) in [7, 11) is 2.87. The van der Waals surface area contributed by atoms with Crippen LogP contribution in [0.15, 0.2) is 65.3 Å². The van der Waals surface area contributed by atoms with Gasteiger partial charge in [0.1, 0.15) is 34.6 Å². The molecule has 1 N–H and O–H groups in total. The number of hydrogen-bond donors (Lipinski definition) is 1. The summed E-state index contributed by atoms with van der Waals surface area (Å²) in [5.74, 6) is -1.72. The van der Waals surface area contributed by atoms with Gasteiger partial charge in [-0.1, -0.05) is 0 Å². The van der Waals surface area contributed by atoms with E-state index in [-0.39, 0.29) is 45.6 Å². The third kappa shape index (κ3) is 4.92. The van der Waals surface area contributed by atoms with Crippen LogP contribution < -0.4 is 10.1 Å². The van der Waals surface area contributed by atoms with Crippen LogP contribution in [0.3, 0.4) is 0 Å². The largest absolute Gasteiger partial charge is 0.496 e. The van der Waals surface area contributed by atoms with Crippen LogP contribution in [0.1, 0.15) is 51.4 Å². The lowest BCUT2D eigenvalue weighted by atomic mass is 9.90. The summed E-state index contributed by atoms with van der Waals surface area (Å²) in [5.41, 5.74) is 1.39. The lowest BCUT2D eigenvalue weighted by Crippen LogP contribution is -2.18. The maximum absolute atomic E-state index is 16.5. The van der Waals surface area contributed by atoms with Crippen LogP contribution in [0, 0.1) is 24.4 Å². The van der Waals surface area contributed by atoms with Crippen molar-refractivity contribution >= 4 is 22.7 Å². The second-order valence-electron chi connectivity index (χ2n) is 10.7. The lowest BCUT2D eigenvalue weighted by Gasteiger charge is -2.17. The highest BCUT2D eigenvalue weighted by Crippen LogP contribution is 2.50. The quantitative estimate of drug-likeness (QED) is 0.198. The van der Waals surface area contributed by atoms with E-state index in [1.165, 1.54) is 44.5 Å². The molecule has 218 valence electrons. The van der Waals surface area contributed by atoms with Crippen molar-refractivity contribution in [1.82, 2.24) is 15.3 Å². The SMILES string of the molecule is CNC(=O)c1c(-c2ccc(F)cc2)oc2ccc(-c3cc(C(=O)CC4(c5ncc(F)cn5)CC4)c(OC)cc3C)c(F)c12. The van der Waals surface area contributed by atoms with Gasteiger partial charge >= 0.3 is 0 Å². The molecule has 10 heteroatoms. The number of rotatable bonds is 8. The number of amides is 1. The third-order valence-corrected chi connectivity index (χ3v) is 7.94. The molecule has 0 atom stereocenters. The van der Waals surface area contributed by atoms with Crippen molar-refractivity contribution in [2.24, 2.45) is 0 Å². The molecule has 0 unspecified atom stereocenters. The van der Waals surface area contributed by atoms with Gasteiger partial charge < -0.3 is 14.5 Å². The number of benzene rings is 3. The number of carbonyl (C=O) groups excluding carboxylic acids is 2. The average molecular weight is 586 g/mol. The van der Waals surface area contributed by atoms with Crippen molar-refractivity contribution in [3.8, 4) is 28.2 Å². The summed E-state index contributed by atoms with van der Waals surface area (Å²) in [4.78, 5) is 34.9. The van der Waals surface area contributed by atoms with E-state index in [9.17, 15) is 18.4 Å². The topological polar surface area (TPSA) is 94.3 Å². The van der Waals surface area contributed by atoms with Crippen LogP contribution >= 0.6 is 0 Å². The number of nitrogens with zero attached hydrogens (tertiary/aromatic N) is 2. The van der Waals surface area contributed by atoms with Crippen molar-refractivity contribution in [2.75, 3.05) is 14.2 Å². The Morgan fingerprint density at radius 3 is 2.30 bits per heavy atom. The molecule has 6 rings (SSSR count). The summed E-state index contributed by atoms with van der Waals surface area (Å²) in [6, 6.07) is 11.7. The Kier molecular flexibility index (Phi) is 7.00. The predicted octanol–water partition coefficient (Wildman–Crippen LogP) is 6.96. The van der Waals surface area contributed by atoms with Gasteiger partial charge in [-0.05, 0) is 79.4 Å². The summed E-state index contributed by atoms with van der Waals surface area (Å²) in [5, 5.41) is 2.49. The summed E-state index contributed by atoms with van der Waals surface area (Å²) in [6.07, 6.45) is 3.59. The van der Waals surface area contributed by atoms with Crippen molar-refractivity contribution in [3.05, 3.63) is 101 Å². The molecule has 1 amide bonds. The number of aryl methyl sites for hydroxylation is 1. The number of fused-ring (bicyclic) bond motifs is 1. The van der Waals surface area contributed by atoms with Gasteiger partial charge in [-0.15, -0.1) is 0 Å². The molecule has 0 bridgehead atoms. The minimum absolute atomic E-state index is 0.0269. The van der Waals surface area contributed by atoms with Gasteiger partial charge in [-0.25, -0.2) is 23.1 Å². The number of ketones is 1. The summed E-state index contributed by atoms with van der Waals surface area (Å²) >= 11 is 0. The Balaban J connectivity index is 1.45. The molecular formula is C33H26F3N3O4. The van der Waals surface area contributed by atoms with Gasteiger partial charge in [-0.2, -0.15) is 0 Å². The van der Waals surface area contributed by atoms with Crippen LogP contribution in [-0.4, -0.2) is 35.8 Å². The Bertz CT molecular complexity index is 1900. The Labute approximate surface area is 244 Å². The summed E-state index contributed by atoms with van der Waals surface area (Å²) < 4.78 is 54.9. The van der Waals surface area contributed by atoms with Gasteiger partial charge in [0.05, 0.1) is 36.0 Å². The molecule has 43 heavy (non-hydrogen) atoms. The molecule has 0 aliphatic heterocycles. The standard InChI is InChI=1S/C33H26F3N3O4/c1-17-12-26(42-3)23(24(40)14-33(10-11-33)32-38-15-20(35)16-39-32)13-22(17)21-8-9-25-27(29(21)36)28(31(41)37-2)30(43-25)18-4-6-19(34)7-5-18/h4-9,12-13,15-16H,10-11,14H2,1-3H3,(H,37,41). The maximum Gasteiger partial charge on any atom is 0.255 e. The highest BCUT2D eigenvalue weighted by atomic mass is 19.1. The van der Waals surface area contributed by atoms with Crippen molar-refractivity contribution in [2.45, 2.75) is 31.6 Å². The molecule has 1 aliphatic carbocycles. The molecule has 0 radical (unpaired) electrons. The molecule has 3 aromatic carbocycles. The normalized spacial score (nSPS) is 13.6. The van der Waals surface area contributed by atoms with Crippen LogP contribution in [0.25, 0.3) is 33.4 Å². The number of carbonyl (C=O) groups is 2. The molecule has 1 fully saturated rings. The van der Waals surface area contributed by atoms with E-state index in [4.69, 9.17) is 9.15 Å². The van der Waals surface area contributed by atoms with E-state index in [1.807, 2.05) is 0 Å². The van der Waals surface area contributed by atoms with Crippen LogP contribution in [-0.2, 0) is 5.41 Å². The molecular weight excluding hydrogens is 559 g/mol. The number of ether oxygens (including phenoxy) is 1. The molecule has 7 nitrogen and oxygen atoms in total. The second-order valence-corrected chi connectivity index (χ2v) is 10.7. The zero-order valence-corrected chi connectivity index (χ0v) is 23.6. The fourth-order valence-corrected chi connectivity index (χ4v) is 5.48. The van der Waals surface area contributed by atoms with Gasteiger partial charge in [0.25, 0.3) is 5.91 Å². The van der Waals surface area contributed by atoms with Crippen LogP contribution in [0.5, 0.6) is 5.75 Å². The first kappa shape index (κ1) is 28.1. The number of methoxy groups -OCH3 is 1. The first-order valence-electron chi connectivity index (χ1n) is 13.6. The average Bonchev–Trinajstić information content (AvgIpc) is 3.67. The number of Topliss-reactive ketones (excluding diaryl/α,β-unsaturated/α-hetero) is 1. The zero-order chi connectivity index (χ0) is 30.5. The van der Waals surface area contributed by atoms with E-state index < -0.39 is 28.8 Å². The fraction of sp³-hybridized carbons (Fsp3) is 0.212. The smallest absolute Gasteiger partial charge is 0.255 e. The van der Waals surface area contributed by atoms with E-state index in [1.54, 1.807) is 25.1 Å². The van der Waals surface area contributed by atoms with E-state index in [0.717, 1.165) is 12.4 Å². The van der Waals surface area contributed by atoms with Gasteiger partial charge in [0.15, 0.2) is 11.6 Å². The number of furan rings is 1. The van der Waals surface area contributed by atoms with Crippen molar-refractivity contribution in [3.63, 3.8) is 0 Å². The Hall–Kier alpha value is -4.99. The highest BCUT2D eigenvalue weighted by molar-refractivity contribution is 6.12. The van der Waals surface area contributed by atoms with Gasteiger partial charge in [0.2, 0.25) is 0 Å². The molecule has 0 saturated heterocycles. The number of halogens is 3. The molecule has 0 spiro atoms. The lowest BCUT2D eigenvalue weighted by molar-refractivity contribution is 0.0956. The second kappa shape index (κ2) is 10.7. The van der Waals surface area contributed by atoms with Crippen molar-refractivity contribution in [1.29, 1.82) is 0 Å². The van der Waals surface area contributed by atoms with Crippen LogP contribution in [0.4, 0.5) is 13.2 Å². The van der Waals surface area contributed by atoms with E-state index in [0.29, 0.717) is 41.1 Å². The number of nitrogens with one attached hydrogen (secondary N) is 1. The first-order valence-corrected chi connectivity index (χ1v) is 13.6. The monoisotopic (exact) mass is 585 g/mol. The first-order chi connectivity index (χ1) is 20.7. The predicted molar refractivity (Wildman–Crippen MR) is 154 cm³/mol. The fourth-order valence-electron chi connectivity index (χ4n) is 5.48. The molecule has 2 heterocycles. The van der Waals surface area contributed by atoms with Crippen LogP contribution in [0.2, 0.25) is 0 Å². The molecule has 5 aromatic rings. The highest BCUT2D eigenvalue weighted by Gasteiger charge is 2.48. The maximum atomic E-state index is 16.5. The molecule has 2 aromatic heterocycles. The van der Waals surface area contributed by atoms with Gasteiger partial charge in [0, 0.05) is 30.0 Å². The van der Waals surface area contributed by atoms with Crippen molar-refractivity contribution < 1.29 is 31.9 Å². The van der Waals surface area contributed by atoms with E-state index >= 15 is 4.39 Å². The van der Waals surface area contributed by atoms with E-state index in [2.05, 4.69) is 15.3 Å². The minimum atomic E-state index is -0.710. The molecule has 1 saturated carbocycles. The Morgan fingerprint density at radius 1 is 0.977 bits per heavy atom. The number of aromatic nitrogens is 2. The zero-order valence-electron chi connectivity index (χ0n) is 23.6. The third-order valence-electron chi connectivity index (χ3n) is 7.94. The number of hydrogen-bond acceptors (Lipinski definition) is 6. The molecule has 1 aliphatic rings.